The number of carbonyl (C=O) groups excluding carboxylic acids is 1. The molecule has 0 atom stereocenters. The van der Waals surface area contributed by atoms with Crippen molar-refractivity contribution >= 4 is 11.7 Å². The molecule has 0 radical (unpaired) electrons. The van der Waals surface area contributed by atoms with Crippen LogP contribution in [-0.4, -0.2) is 28.9 Å². The van der Waals surface area contributed by atoms with Crippen LogP contribution in [0.4, 0.5) is 5.82 Å². The van der Waals surface area contributed by atoms with Gasteiger partial charge < -0.3 is 5.32 Å². The highest BCUT2D eigenvalue weighted by atomic mass is 16.1. The molecule has 2 aromatic carbocycles. The summed E-state index contributed by atoms with van der Waals surface area (Å²) in [6.45, 7) is 4.66. The Bertz CT molecular complexity index is 1090. The summed E-state index contributed by atoms with van der Waals surface area (Å²) in [5.41, 5.74) is 5.04. The van der Waals surface area contributed by atoms with Crippen molar-refractivity contribution in [2.75, 3.05) is 18.4 Å². The van der Waals surface area contributed by atoms with Crippen LogP contribution < -0.4 is 5.32 Å². The molecule has 1 amide bonds. The summed E-state index contributed by atoms with van der Waals surface area (Å²) in [5, 5.41) is 12.3. The number of rotatable bonds is 5. The molecule has 5 nitrogen and oxygen atoms in total. The van der Waals surface area contributed by atoms with Crippen LogP contribution in [0.3, 0.4) is 0 Å². The van der Waals surface area contributed by atoms with Gasteiger partial charge in [-0.1, -0.05) is 42.5 Å². The summed E-state index contributed by atoms with van der Waals surface area (Å²) in [6, 6.07) is 22.2. The van der Waals surface area contributed by atoms with Gasteiger partial charge in [0.25, 0.3) is 0 Å². The maximum atomic E-state index is 12.6. The zero-order valence-electron chi connectivity index (χ0n) is 17.7. The van der Waals surface area contributed by atoms with E-state index in [4.69, 9.17) is 0 Å². The largest absolute Gasteiger partial charge is 0.310 e. The zero-order chi connectivity index (χ0) is 21.6. The maximum Gasteiger partial charge on any atom is 0.228 e. The number of amides is 1. The highest BCUT2D eigenvalue weighted by molar-refractivity contribution is 5.91. The predicted molar refractivity (Wildman–Crippen MR) is 122 cm³/mol. The Kier molecular flexibility index (Phi) is 6.40. The maximum absolute atomic E-state index is 12.6. The van der Waals surface area contributed by atoms with Crippen molar-refractivity contribution in [1.29, 1.82) is 5.26 Å². The average molecular weight is 411 g/mol. The number of likely N-dealkylation sites (tertiary alicyclic amines) is 1. The molecule has 4 rings (SSSR count). The molecule has 0 unspecified atom stereocenters. The number of hydrogen-bond donors (Lipinski definition) is 1. The summed E-state index contributed by atoms with van der Waals surface area (Å²) >= 11 is 0. The molecule has 31 heavy (non-hydrogen) atoms. The van der Waals surface area contributed by atoms with Crippen molar-refractivity contribution in [1.82, 2.24) is 9.88 Å². The number of nitrogens with zero attached hydrogens (tertiary/aromatic N) is 3. The quantitative estimate of drug-likeness (QED) is 0.657. The van der Waals surface area contributed by atoms with Crippen LogP contribution in [0.1, 0.15) is 29.5 Å². The van der Waals surface area contributed by atoms with Crippen LogP contribution in [0.5, 0.6) is 0 Å². The third kappa shape index (κ3) is 5.17. The van der Waals surface area contributed by atoms with Gasteiger partial charge in [-0.2, -0.15) is 5.26 Å². The van der Waals surface area contributed by atoms with E-state index in [1.54, 1.807) is 6.20 Å². The second-order valence-corrected chi connectivity index (χ2v) is 8.11. The summed E-state index contributed by atoms with van der Waals surface area (Å²) in [7, 11) is 0. The normalized spacial score (nSPS) is 14.7. The fraction of sp³-hybridized carbons (Fsp3) is 0.269. The highest BCUT2D eigenvalue weighted by Crippen LogP contribution is 2.25. The van der Waals surface area contributed by atoms with Crippen LogP contribution in [-0.2, 0) is 11.3 Å². The standard InChI is InChI=1S/C26H26N4O/c1-19-10-13-28-25(16-19)29-26(31)22-11-14-30(15-12-22)18-20-6-8-21(9-7-20)24-5-3-2-4-23(24)17-27/h2-10,13,16,22H,11-12,14-15,18H2,1H3,(H,28,29,31). The van der Waals surface area contributed by atoms with E-state index in [0.29, 0.717) is 11.4 Å². The first-order chi connectivity index (χ1) is 15.1. The Balaban J connectivity index is 1.31. The lowest BCUT2D eigenvalue weighted by Crippen LogP contribution is -2.37. The molecule has 1 fully saturated rings. The Morgan fingerprint density at radius 2 is 1.87 bits per heavy atom. The Hall–Kier alpha value is -3.49. The molecule has 0 spiro atoms. The van der Waals surface area contributed by atoms with Gasteiger partial charge in [0.1, 0.15) is 5.82 Å². The minimum Gasteiger partial charge on any atom is -0.310 e. The molecule has 1 aromatic heterocycles. The van der Waals surface area contributed by atoms with Gasteiger partial charge in [0.15, 0.2) is 0 Å². The number of hydrogen-bond acceptors (Lipinski definition) is 4. The van der Waals surface area contributed by atoms with Crippen LogP contribution >= 0.6 is 0 Å². The minimum atomic E-state index is 0.0309. The van der Waals surface area contributed by atoms with Crippen molar-refractivity contribution in [3.05, 3.63) is 83.6 Å². The first-order valence-corrected chi connectivity index (χ1v) is 10.7. The van der Waals surface area contributed by atoms with Gasteiger partial charge in [0.2, 0.25) is 5.91 Å². The average Bonchev–Trinajstić information content (AvgIpc) is 2.80. The van der Waals surface area contributed by atoms with Gasteiger partial charge in [-0.3, -0.25) is 9.69 Å². The van der Waals surface area contributed by atoms with E-state index in [-0.39, 0.29) is 11.8 Å². The van der Waals surface area contributed by atoms with Crippen LogP contribution in [0.25, 0.3) is 11.1 Å². The molecule has 3 aromatic rings. The van der Waals surface area contributed by atoms with Gasteiger partial charge in [-0.15, -0.1) is 0 Å². The van der Waals surface area contributed by atoms with Gasteiger partial charge in [-0.25, -0.2) is 4.98 Å². The molecule has 0 bridgehead atoms. The third-order valence-electron chi connectivity index (χ3n) is 5.84. The van der Waals surface area contributed by atoms with Crippen molar-refractivity contribution in [3.63, 3.8) is 0 Å². The number of pyridine rings is 1. The number of nitriles is 1. The molecule has 1 aliphatic heterocycles. The Morgan fingerprint density at radius 1 is 1.13 bits per heavy atom. The van der Waals surface area contributed by atoms with E-state index < -0.39 is 0 Å². The molecular weight excluding hydrogens is 384 g/mol. The fourth-order valence-electron chi connectivity index (χ4n) is 4.07. The zero-order valence-corrected chi connectivity index (χ0v) is 17.7. The van der Waals surface area contributed by atoms with E-state index >= 15 is 0 Å². The summed E-state index contributed by atoms with van der Waals surface area (Å²) in [4.78, 5) is 19.2. The van der Waals surface area contributed by atoms with E-state index in [0.717, 1.165) is 49.2 Å². The summed E-state index contributed by atoms with van der Waals surface area (Å²) in [6.07, 6.45) is 3.42. The van der Waals surface area contributed by atoms with Crippen LogP contribution in [0.15, 0.2) is 66.9 Å². The Labute approximate surface area is 183 Å². The first-order valence-electron chi connectivity index (χ1n) is 10.7. The lowest BCUT2D eigenvalue weighted by atomic mass is 9.95. The summed E-state index contributed by atoms with van der Waals surface area (Å²) in [5.74, 6) is 0.729. The number of piperidine rings is 1. The van der Waals surface area contributed by atoms with Gasteiger partial charge in [0, 0.05) is 18.7 Å². The number of aromatic nitrogens is 1. The molecule has 156 valence electrons. The van der Waals surface area contributed by atoms with Crippen molar-refractivity contribution in [2.45, 2.75) is 26.3 Å². The molecule has 1 saturated heterocycles. The van der Waals surface area contributed by atoms with Gasteiger partial charge >= 0.3 is 0 Å². The van der Waals surface area contributed by atoms with E-state index in [9.17, 15) is 10.1 Å². The summed E-state index contributed by atoms with van der Waals surface area (Å²) < 4.78 is 0. The van der Waals surface area contributed by atoms with E-state index in [2.05, 4.69) is 45.5 Å². The van der Waals surface area contributed by atoms with E-state index in [1.807, 2.05) is 43.3 Å². The topological polar surface area (TPSA) is 69.0 Å². The molecule has 0 aliphatic carbocycles. The lowest BCUT2D eigenvalue weighted by Gasteiger charge is -2.31. The molecule has 2 heterocycles. The highest BCUT2D eigenvalue weighted by Gasteiger charge is 2.25. The van der Waals surface area contributed by atoms with Crippen molar-refractivity contribution in [3.8, 4) is 17.2 Å². The SMILES string of the molecule is Cc1ccnc(NC(=O)C2CCN(Cc3ccc(-c4ccccc4C#N)cc3)CC2)c1. The molecule has 1 aliphatic rings. The van der Waals surface area contributed by atoms with Gasteiger partial charge in [0.05, 0.1) is 11.6 Å². The number of nitrogens with one attached hydrogen (secondary N) is 1. The minimum absolute atomic E-state index is 0.0309. The van der Waals surface area contributed by atoms with E-state index in [1.165, 1.54) is 5.56 Å². The second kappa shape index (κ2) is 9.55. The molecular formula is C26H26N4O. The first kappa shape index (κ1) is 20.8. The lowest BCUT2D eigenvalue weighted by molar-refractivity contribution is -0.121. The monoisotopic (exact) mass is 410 g/mol. The molecule has 1 N–H and O–H groups in total. The fourth-order valence-corrected chi connectivity index (χ4v) is 4.07. The number of aryl methyl sites for hydroxylation is 1. The second-order valence-electron chi connectivity index (χ2n) is 8.11. The molecule has 0 saturated carbocycles. The van der Waals surface area contributed by atoms with Crippen LogP contribution in [0, 0.1) is 24.2 Å². The van der Waals surface area contributed by atoms with Crippen molar-refractivity contribution < 1.29 is 4.79 Å². The van der Waals surface area contributed by atoms with Gasteiger partial charge in [-0.05, 0) is 73.3 Å². The van der Waals surface area contributed by atoms with Crippen LogP contribution in [0.2, 0.25) is 0 Å². The molecule has 5 heteroatoms. The third-order valence-corrected chi connectivity index (χ3v) is 5.84. The number of anilines is 1. The Morgan fingerprint density at radius 3 is 2.58 bits per heavy atom. The van der Waals surface area contributed by atoms with Crippen molar-refractivity contribution in [2.24, 2.45) is 5.92 Å². The number of carbonyl (C=O) groups is 1. The predicted octanol–water partition coefficient (Wildman–Crippen LogP) is 4.78. The smallest absolute Gasteiger partial charge is 0.228 e. The number of benzene rings is 2.